The Morgan fingerprint density at radius 1 is 1.19 bits per heavy atom. The van der Waals surface area contributed by atoms with Gasteiger partial charge in [-0.25, -0.2) is 13.2 Å². The smallest absolute Gasteiger partial charge is 0.413 e. The van der Waals surface area contributed by atoms with Gasteiger partial charge in [-0.3, -0.25) is 10.1 Å². The van der Waals surface area contributed by atoms with Crippen LogP contribution in [0.1, 0.15) is 6.92 Å². The van der Waals surface area contributed by atoms with E-state index in [4.69, 9.17) is 4.74 Å². The third-order valence-electron chi connectivity index (χ3n) is 4.04. The molecule has 144 valence electrons. The van der Waals surface area contributed by atoms with E-state index in [1.54, 1.807) is 12.1 Å². The SMILES string of the molecule is CCOc1ccc(S(=O)(=O)N2CC[NH+](CC(=O)NC(=O)OC)CC2)cc1. The van der Waals surface area contributed by atoms with Crippen molar-refractivity contribution in [1.82, 2.24) is 9.62 Å². The molecule has 0 saturated carbocycles. The fourth-order valence-corrected chi connectivity index (χ4v) is 4.12. The summed E-state index contributed by atoms with van der Waals surface area (Å²) in [7, 11) is -2.40. The Balaban J connectivity index is 1.91. The number of sulfonamides is 1. The van der Waals surface area contributed by atoms with Gasteiger partial charge in [0, 0.05) is 0 Å². The number of imide groups is 1. The molecule has 1 aliphatic rings. The number of alkyl carbamates (subject to hydrolysis) is 1. The number of amides is 2. The van der Waals surface area contributed by atoms with Crippen molar-refractivity contribution >= 4 is 22.0 Å². The summed E-state index contributed by atoms with van der Waals surface area (Å²) in [6.07, 6.45) is -0.800. The Bertz CT molecular complexity index is 727. The van der Waals surface area contributed by atoms with Crippen molar-refractivity contribution in [2.24, 2.45) is 0 Å². The molecule has 0 bridgehead atoms. The van der Waals surface area contributed by atoms with Crippen LogP contribution in [-0.2, 0) is 19.6 Å². The first kappa shape index (κ1) is 20.1. The zero-order valence-electron chi connectivity index (χ0n) is 14.9. The largest absolute Gasteiger partial charge is 0.494 e. The van der Waals surface area contributed by atoms with Crippen LogP contribution in [0.25, 0.3) is 0 Å². The average Bonchev–Trinajstić information content (AvgIpc) is 2.62. The van der Waals surface area contributed by atoms with E-state index in [1.807, 2.05) is 6.92 Å². The molecule has 10 heteroatoms. The highest BCUT2D eigenvalue weighted by Gasteiger charge is 2.31. The second-order valence-electron chi connectivity index (χ2n) is 5.78. The molecule has 26 heavy (non-hydrogen) atoms. The molecule has 1 fully saturated rings. The summed E-state index contributed by atoms with van der Waals surface area (Å²) in [5.74, 6) is 0.173. The molecule has 2 amide bonds. The van der Waals surface area contributed by atoms with Gasteiger partial charge in [-0.15, -0.1) is 0 Å². The van der Waals surface area contributed by atoms with Crippen LogP contribution in [0.4, 0.5) is 4.79 Å². The number of nitrogens with one attached hydrogen (secondary N) is 2. The van der Waals surface area contributed by atoms with Gasteiger partial charge in [0.2, 0.25) is 10.0 Å². The molecule has 1 aromatic rings. The molecule has 0 aromatic heterocycles. The van der Waals surface area contributed by atoms with Gasteiger partial charge >= 0.3 is 6.09 Å². The van der Waals surface area contributed by atoms with E-state index >= 15 is 0 Å². The summed E-state index contributed by atoms with van der Waals surface area (Å²) in [4.78, 5) is 23.8. The van der Waals surface area contributed by atoms with Crippen LogP contribution in [-0.4, -0.2) is 71.2 Å². The molecule has 0 spiro atoms. The minimum atomic E-state index is -3.58. The van der Waals surface area contributed by atoms with E-state index in [0.29, 0.717) is 38.5 Å². The normalized spacial score (nSPS) is 16.1. The zero-order chi connectivity index (χ0) is 19.2. The predicted molar refractivity (Wildman–Crippen MR) is 92.5 cm³/mol. The minimum absolute atomic E-state index is 0.0893. The summed E-state index contributed by atoms with van der Waals surface area (Å²) in [5.41, 5.74) is 0. The van der Waals surface area contributed by atoms with Gasteiger partial charge in [-0.1, -0.05) is 0 Å². The summed E-state index contributed by atoms with van der Waals surface area (Å²) >= 11 is 0. The van der Waals surface area contributed by atoms with Crippen LogP contribution < -0.4 is 15.0 Å². The molecular formula is C16H24N3O6S+. The quantitative estimate of drug-likeness (QED) is 0.640. The molecule has 1 saturated heterocycles. The first-order valence-corrected chi connectivity index (χ1v) is 9.75. The topological polar surface area (TPSA) is 106 Å². The fourth-order valence-electron chi connectivity index (χ4n) is 2.68. The van der Waals surface area contributed by atoms with E-state index in [1.165, 1.54) is 23.5 Å². The maximum atomic E-state index is 12.7. The molecule has 0 atom stereocenters. The van der Waals surface area contributed by atoms with Gasteiger partial charge in [0.05, 0.1) is 44.8 Å². The van der Waals surface area contributed by atoms with Crippen LogP contribution >= 0.6 is 0 Å². The lowest BCUT2D eigenvalue weighted by Gasteiger charge is -2.31. The van der Waals surface area contributed by atoms with Gasteiger partial charge < -0.3 is 14.4 Å². The van der Waals surface area contributed by atoms with Crippen molar-refractivity contribution in [3.8, 4) is 5.75 Å². The van der Waals surface area contributed by atoms with Crippen molar-refractivity contribution < 1.29 is 32.4 Å². The minimum Gasteiger partial charge on any atom is -0.494 e. The molecule has 1 aliphatic heterocycles. The summed E-state index contributed by atoms with van der Waals surface area (Å²) in [5, 5.41) is 2.10. The van der Waals surface area contributed by atoms with Gasteiger partial charge in [0.1, 0.15) is 5.75 Å². The highest BCUT2D eigenvalue weighted by Crippen LogP contribution is 2.19. The lowest BCUT2D eigenvalue weighted by molar-refractivity contribution is -0.895. The Labute approximate surface area is 152 Å². The predicted octanol–water partition coefficient (Wildman–Crippen LogP) is -1.14. The number of rotatable bonds is 6. The van der Waals surface area contributed by atoms with Crippen LogP contribution in [0, 0.1) is 0 Å². The molecule has 1 heterocycles. The van der Waals surface area contributed by atoms with E-state index in [0.717, 1.165) is 4.90 Å². The van der Waals surface area contributed by atoms with E-state index in [9.17, 15) is 18.0 Å². The number of piperazine rings is 1. The van der Waals surface area contributed by atoms with Crippen molar-refractivity contribution in [3.63, 3.8) is 0 Å². The average molecular weight is 386 g/mol. The van der Waals surface area contributed by atoms with Crippen molar-refractivity contribution in [2.45, 2.75) is 11.8 Å². The van der Waals surface area contributed by atoms with Crippen LogP contribution in [0.3, 0.4) is 0 Å². The number of carbonyl (C=O) groups excluding carboxylic acids is 2. The van der Waals surface area contributed by atoms with Crippen molar-refractivity contribution in [1.29, 1.82) is 0 Å². The lowest BCUT2D eigenvalue weighted by atomic mass is 10.3. The van der Waals surface area contributed by atoms with Gasteiger partial charge in [-0.05, 0) is 31.2 Å². The Kier molecular flexibility index (Phi) is 6.95. The number of methoxy groups -OCH3 is 1. The monoisotopic (exact) mass is 386 g/mol. The van der Waals surface area contributed by atoms with Crippen molar-refractivity contribution in [2.75, 3.05) is 46.4 Å². The Morgan fingerprint density at radius 3 is 2.35 bits per heavy atom. The molecule has 1 aromatic carbocycles. The van der Waals surface area contributed by atoms with E-state index < -0.39 is 22.0 Å². The van der Waals surface area contributed by atoms with Gasteiger partial charge in [-0.2, -0.15) is 4.31 Å². The lowest BCUT2D eigenvalue weighted by Crippen LogP contribution is -3.15. The first-order valence-electron chi connectivity index (χ1n) is 8.31. The van der Waals surface area contributed by atoms with E-state index in [2.05, 4.69) is 10.1 Å². The third kappa shape index (κ3) is 5.16. The van der Waals surface area contributed by atoms with Crippen LogP contribution in [0.15, 0.2) is 29.2 Å². The molecule has 0 radical (unpaired) electrons. The summed E-state index contributed by atoms with van der Waals surface area (Å²) in [6.45, 7) is 4.02. The summed E-state index contributed by atoms with van der Waals surface area (Å²) < 4.78 is 36.5. The van der Waals surface area contributed by atoms with Crippen LogP contribution in [0.5, 0.6) is 5.75 Å². The molecule has 2 rings (SSSR count). The summed E-state index contributed by atoms with van der Waals surface area (Å²) in [6, 6.07) is 6.33. The maximum absolute atomic E-state index is 12.7. The number of ether oxygens (including phenoxy) is 2. The number of nitrogens with zero attached hydrogens (tertiary/aromatic N) is 1. The molecule has 0 aliphatic carbocycles. The van der Waals surface area contributed by atoms with Gasteiger partial charge in [0.15, 0.2) is 6.54 Å². The standard InChI is InChI=1S/C16H23N3O6S/c1-3-25-13-4-6-14(7-5-13)26(22,23)19-10-8-18(9-11-19)12-15(20)17-16(21)24-2/h4-7H,3,8-12H2,1-2H3,(H,17,20,21)/p+1. The second kappa shape index (κ2) is 8.97. The number of hydrogen-bond donors (Lipinski definition) is 2. The van der Waals surface area contributed by atoms with Crippen molar-refractivity contribution in [3.05, 3.63) is 24.3 Å². The number of benzene rings is 1. The fraction of sp³-hybridized carbons (Fsp3) is 0.500. The molecule has 0 unspecified atom stereocenters. The first-order chi connectivity index (χ1) is 12.4. The highest BCUT2D eigenvalue weighted by molar-refractivity contribution is 7.89. The molecule has 9 nitrogen and oxygen atoms in total. The number of carbonyl (C=O) groups is 2. The van der Waals surface area contributed by atoms with E-state index in [-0.39, 0.29) is 11.4 Å². The molecular weight excluding hydrogens is 362 g/mol. The second-order valence-corrected chi connectivity index (χ2v) is 7.71. The zero-order valence-corrected chi connectivity index (χ0v) is 15.7. The van der Waals surface area contributed by atoms with Crippen LogP contribution in [0.2, 0.25) is 0 Å². The van der Waals surface area contributed by atoms with Gasteiger partial charge in [0.25, 0.3) is 5.91 Å². The Morgan fingerprint density at radius 2 is 1.81 bits per heavy atom. The number of quaternary nitrogens is 1. The Hall–Kier alpha value is -2.17. The number of hydrogen-bond acceptors (Lipinski definition) is 6. The third-order valence-corrected chi connectivity index (χ3v) is 5.95. The highest BCUT2D eigenvalue weighted by atomic mass is 32.2. The molecule has 2 N–H and O–H groups in total. The maximum Gasteiger partial charge on any atom is 0.413 e.